The second-order valence-electron chi connectivity index (χ2n) is 4.59. The first-order valence-corrected chi connectivity index (χ1v) is 7.79. The molecule has 112 valence electrons. The van der Waals surface area contributed by atoms with Crippen LogP contribution >= 0.6 is 0 Å². The van der Waals surface area contributed by atoms with E-state index in [9.17, 15) is 12.8 Å². The van der Waals surface area contributed by atoms with Crippen LogP contribution in [0.1, 0.15) is 11.1 Å². The maximum Gasteiger partial charge on any atom is 0.264 e. The van der Waals surface area contributed by atoms with Crippen LogP contribution in [-0.4, -0.2) is 20.4 Å². The Morgan fingerprint density at radius 3 is 2.71 bits per heavy atom. The number of anilines is 1. The van der Waals surface area contributed by atoms with Gasteiger partial charge in [-0.15, -0.1) is 0 Å². The lowest BCUT2D eigenvalue weighted by atomic mass is 10.2. The summed E-state index contributed by atoms with van der Waals surface area (Å²) < 4.78 is 40.9. The van der Waals surface area contributed by atoms with Crippen molar-refractivity contribution in [1.29, 1.82) is 0 Å². The summed E-state index contributed by atoms with van der Waals surface area (Å²) in [6.45, 7) is 2.18. The molecular weight excluding hydrogens is 293 g/mol. The van der Waals surface area contributed by atoms with Crippen molar-refractivity contribution >= 4 is 15.7 Å². The molecule has 0 fully saturated rings. The van der Waals surface area contributed by atoms with Crippen LogP contribution in [0.15, 0.2) is 41.6 Å². The first-order valence-electron chi connectivity index (χ1n) is 6.30. The molecule has 0 unspecified atom stereocenters. The van der Waals surface area contributed by atoms with Gasteiger partial charge in [-0.1, -0.05) is 6.07 Å². The van der Waals surface area contributed by atoms with Crippen LogP contribution in [-0.2, 0) is 16.6 Å². The quantitative estimate of drug-likeness (QED) is 0.887. The van der Waals surface area contributed by atoms with E-state index in [1.54, 1.807) is 20.0 Å². The van der Waals surface area contributed by atoms with Crippen molar-refractivity contribution in [2.24, 2.45) is 0 Å². The van der Waals surface area contributed by atoms with Crippen LogP contribution in [0.2, 0.25) is 0 Å². The number of nitrogens with one attached hydrogen (secondary N) is 2. The molecule has 0 radical (unpaired) electrons. The average Bonchev–Trinajstić information content (AvgIpc) is 2.43. The molecule has 2 aromatic rings. The summed E-state index contributed by atoms with van der Waals surface area (Å²) in [6.07, 6.45) is 3.00. The van der Waals surface area contributed by atoms with Gasteiger partial charge in [0.25, 0.3) is 10.0 Å². The number of hydrogen-bond acceptors (Lipinski definition) is 4. The highest BCUT2D eigenvalue weighted by Gasteiger charge is 2.20. The molecule has 0 saturated carbocycles. The zero-order valence-corrected chi connectivity index (χ0v) is 12.5. The Kier molecular flexibility index (Phi) is 4.54. The predicted octanol–water partition coefficient (Wildman–Crippen LogP) is 2.05. The van der Waals surface area contributed by atoms with Gasteiger partial charge in [-0.2, -0.15) is 0 Å². The standard InChI is InChI=1S/C14H16FN3O2S/c1-10-8-17-6-5-13(10)18-21(19,20)14-7-11(9-16-2)3-4-12(14)15/h3-8,16H,9H2,1-2H3,(H,17,18). The topological polar surface area (TPSA) is 71.1 Å². The second kappa shape index (κ2) is 6.19. The molecular formula is C14H16FN3O2S. The van der Waals surface area contributed by atoms with Crippen LogP contribution in [0, 0.1) is 12.7 Å². The third-order valence-electron chi connectivity index (χ3n) is 2.93. The number of aromatic nitrogens is 1. The third-order valence-corrected chi connectivity index (χ3v) is 4.31. The summed E-state index contributed by atoms with van der Waals surface area (Å²) in [5.74, 6) is -0.783. The first kappa shape index (κ1) is 15.4. The minimum absolute atomic E-state index is 0.369. The third kappa shape index (κ3) is 3.56. The molecule has 0 aliphatic rings. The van der Waals surface area contributed by atoms with Crippen molar-refractivity contribution in [3.63, 3.8) is 0 Å². The zero-order chi connectivity index (χ0) is 15.5. The van der Waals surface area contributed by atoms with Crippen molar-refractivity contribution in [2.75, 3.05) is 11.8 Å². The van der Waals surface area contributed by atoms with Crippen molar-refractivity contribution in [3.8, 4) is 0 Å². The zero-order valence-electron chi connectivity index (χ0n) is 11.7. The van der Waals surface area contributed by atoms with Crippen LogP contribution < -0.4 is 10.0 Å². The molecule has 7 heteroatoms. The fourth-order valence-corrected chi connectivity index (χ4v) is 3.12. The Hall–Kier alpha value is -1.99. The molecule has 2 rings (SSSR count). The van der Waals surface area contributed by atoms with E-state index in [0.717, 1.165) is 6.07 Å². The summed E-state index contributed by atoms with van der Waals surface area (Å²) >= 11 is 0. The van der Waals surface area contributed by atoms with E-state index in [0.29, 0.717) is 23.4 Å². The molecule has 0 bridgehead atoms. The van der Waals surface area contributed by atoms with Gasteiger partial charge in [0.2, 0.25) is 0 Å². The maximum atomic E-state index is 13.9. The number of rotatable bonds is 5. The van der Waals surface area contributed by atoms with Crippen LogP contribution in [0.25, 0.3) is 0 Å². The highest BCUT2D eigenvalue weighted by molar-refractivity contribution is 7.92. The fraction of sp³-hybridized carbons (Fsp3) is 0.214. The molecule has 0 aliphatic carbocycles. The number of halogens is 1. The normalized spacial score (nSPS) is 11.4. The molecule has 1 aromatic heterocycles. The van der Waals surface area contributed by atoms with E-state index in [1.165, 1.54) is 24.5 Å². The summed E-state index contributed by atoms with van der Waals surface area (Å²) in [5, 5.41) is 2.89. The molecule has 2 N–H and O–H groups in total. The molecule has 0 spiro atoms. The average molecular weight is 309 g/mol. The van der Waals surface area contributed by atoms with Gasteiger partial charge in [-0.25, -0.2) is 12.8 Å². The summed E-state index contributed by atoms with van der Waals surface area (Å²) in [4.78, 5) is 3.52. The minimum Gasteiger partial charge on any atom is -0.316 e. The lowest BCUT2D eigenvalue weighted by Crippen LogP contribution is -2.16. The van der Waals surface area contributed by atoms with Gasteiger partial charge in [0.05, 0.1) is 5.69 Å². The van der Waals surface area contributed by atoms with Gasteiger partial charge in [-0.3, -0.25) is 9.71 Å². The fourth-order valence-electron chi connectivity index (χ4n) is 1.86. The van der Waals surface area contributed by atoms with E-state index in [-0.39, 0.29) is 4.90 Å². The molecule has 21 heavy (non-hydrogen) atoms. The first-order chi connectivity index (χ1) is 9.94. The Morgan fingerprint density at radius 1 is 1.29 bits per heavy atom. The maximum absolute atomic E-state index is 13.9. The lowest BCUT2D eigenvalue weighted by Gasteiger charge is -2.12. The molecule has 0 saturated heterocycles. The number of hydrogen-bond donors (Lipinski definition) is 2. The van der Waals surface area contributed by atoms with Gasteiger partial charge in [-0.05, 0) is 43.3 Å². The monoisotopic (exact) mass is 309 g/mol. The molecule has 1 aromatic carbocycles. The predicted molar refractivity (Wildman–Crippen MR) is 78.9 cm³/mol. The summed E-state index contributed by atoms with van der Waals surface area (Å²) in [5.41, 5.74) is 1.72. The Balaban J connectivity index is 2.40. The molecule has 5 nitrogen and oxygen atoms in total. The Labute approximate surface area is 123 Å². The highest BCUT2D eigenvalue weighted by Crippen LogP contribution is 2.21. The largest absolute Gasteiger partial charge is 0.316 e. The van der Waals surface area contributed by atoms with Crippen molar-refractivity contribution in [1.82, 2.24) is 10.3 Å². The molecule has 1 heterocycles. The van der Waals surface area contributed by atoms with E-state index in [2.05, 4.69) is 15.0 Å². The smallest absolute Gasteiger partial charge is 0.264 e. The SMILES string of the molecule is CNCc1ccc(F)c(S(=O)(=O)Nc2ccncc2C)c1. The Bertz CT molecular complexity index is 748. The van der Waals surface area contributed by atoms with E-state index in [1.807, 2.05) is 0 Å². The van der Waals surface area contributed by atoms with Gasteiger partial charge in [0, 0.05) is 18.9 Å². The van der Waals surface area contributed by atoms with Gasteiger partial charge in [0.1, 0.15) is 10.7 Å². The van der Waals surface area contributed by atoms with E-state index < -0.39 is 15.8 Å². The lowest BCUT2D eigenvalue weighted by molar-refractivity contribution is 0.569. The van der Waals surface area contributed by atoms with Crippen LogP contribution in [0.5, 0.6) is 0 Å². The molecule has 0 amide bonds. The van der Waals surface area contributed by atoms with Crippen LogP contribution in [0.4, 0.5) is 10.1 Å². The second-order valence-corrected chi connectivity index (χ2v) is 6.24. The summed E-state index contributed by atoms with van der Waals surface area (Å²) in [6, 6.07) is 5.55. The van der Waals surface area contributed by atoms with Gasteiger partial charge < -0.3 is 5.32 Å². The van der Waals surface area contributed by atoms with Crippen LogP contribution in [0.3, 0.4) is 0 Å². The highest BCUT2D eigenvalue weighted by atomic mass is 32.2. The van der Waals surface area contributed by atoms with Crippen molar-refractivity contribution < 1.29 is 12.8 Å². The van der Waals surface area contributed by atoms with Crippen molar-refractivity contribution in [2.45, 2.75) is 18.4 Å². The number of pyridine rings is 1. The van der Waals surface area contributed by atoms with Gasteiger partial charge in [0.15, 0.2) is 0 Å². The van der Waals surface area contributed by atoms with Crippen molar-refractivity contribution in [3.05, 3.63) is 53.6 Å². The van der Waals surface area contributed by atoms with Gasteiger partial charge >= 0.3 is 0 Å². The number of sulfonamides is 1. The molecule has 0 atom stereocenters. The number of benzene rings is 1. The Morgan fingerprint density at radius 2 is 2.05 bits per heavy atom. The number of nitrogens with zero attached hydrogens (tertiary/aromatic N) is 1. The minimum atomic E-state index is -3.99. The summed E-state index contributed by atoms with van der Waals surface area (Å²) in [7, 11) is -2.26. The van der Waals surface area contributed by atoms with E-state index >= 15 is 0 Å². The number of aryl methyl sites for hydroxylation is 1. The molecule has 0 aliphatic heterocycles. The van der Waals surface area contributed by atoms with E-state index in [4.69, 9.17) is 0 Å².